The van der Waals surface area contributed by atoms with Crippen LogP contribution in [-0.4, -0.2) is 37.2 Å². The van der Waals surface area contributed by atoms with Crippen molar-refractivity contribution in [2.45, 2.75) is 309 Å². The molecule has 0 fully saturated rings. The summed E-state index contributed by atoms with van der Waals surface area (Å²) in [6.45, 7) is 6.36. The molecule has 1 atom stereocenters. The van der Waals surface area contributed by atoms with Crippen LogP contribution in [0.4, 0.5) is 0 Å². The van der Waals surface area contributed by atoms with Crippen molar-refractivity contribution in [1.29, 1.82) is 0 Å². The standard InChI is InChI=1S/C71H120O6/c1-4-7-10-13-16-19-22-25-28-30-31-32-33-34-35-36-37-38-39-41-43-46-49-52-55-58-61-64-70(73)76-67-68(66-75-69(72)63-60-57-54-51-48-45-42-27-24-21-18-15-12-9-6-3)77-71(74)65-62-59-56-53-50-47-44-40-29-26-23-20-17-14-11-8-5-2/h8-9,11-12,17-18,20-21,26-27,29,42,44,47-48,51,53,56,68H,4-7,10,13-16,19,22-25,28,30-41,43,45-46,49-50,52,54-55,57-67H2,1-3H3/b11-8-,12-9-,20-17-,21-18-,29-26-,42-27-,47-44-,51-48-,56-53-. The summed E-state index contributed by atoms with van der Waals surface area (Å²) in [5, 5.41) is 0. The molecule has 6 heteroatoms. The molecule has 0 aliphatic rings. The van der Waals surface area contributed by atoms with Gasteiger partial charge in [0.25, 0.3) is 0 Å². The van der Waals surface area contributed by atoms with E-state index in [2.05, 4.69) is 130 Å². The predicted molar refractivity (Wildman–Crippen MR) is 334 cm³/mol. The zero-order chi connectivity index (χ0) is 55.7. The van der Waals surface area contributed by atoms with Crippen LogP contribution in [0, 0.1) is 0 Å². The minimum Gasteiger partial charge on any atom is -0.462 e. The molecule has 0 aromatic heterocycles. The van der Waals surface area contributed by atoms with Crippen molar-refractivity contribution in [3.05, 3.63) is 109 Å². The van der Waals surface area contributed by atoms with E-state index in [9.17, 15) is 14.4 Å². The molecule has 0 aromatic rings. The maximum Gasteiger partial charge on any atom is 0.306 e. The number of hydrogen-bond acceptors (Lipinski definition) is 6. The van der Waals surface area contributed by atoms with Gasteiger partial charge in [-0.3, -0.25) is 14.4 Å². The normalized spacial score (nSPS) is 12.8. The highest BCUT2D eigenvalue weighted by atomic mass is 16.6. The Kier molecular flexibility index (Phi) is 61.3. The Labute approximate surface area is 476 Å². The van der Waals surface area contributed by atoms with Crippen molar-refractivity contribution < 1.29 is 28.6 Å². The zero-order valence-electron chi connectivity index (χ0n) is 50.4. The molecule has 0 spiro atoms. The van der Waals surface area contributed by atoms with E-state index < -0.39 is 6.10 Å². The van der Waals surface area contributed by atoms with Crippen molar-refractivity contribution in [1.82, 2.24) is 0 Å². The summed E-state index contributed by atoms with van der Waals surface area (Å²) in [4.78, 5) is 38.3. The average molecular weight is 1070 g/mol. The van der Waals surface area contributed by atoms with Crippen LogP contribution >= 0.6 is 0 Å². The number of esters is 3. The number of allylic oxidation sites excluding steroid dienone is 18. The van der Waals surface area contributed by atoms with Crippen LogP contribution in [0.15, 0.2) is 109 Å². The topological polar surface area (TPSA) is 78.9 Å². The number of unbranched alkanes of at least 4 members (excludes halogenated alkanes) is 29. The summed E-state index contributed by atoms with van der Waals surface area (Å²) >= 11 is 0. The zero-order valence-corrected chi connectivity index (χ0v) is 50.4. The second kappa shape index (κ2) is 64.6. The molecule has 0 radical (unpaired) electrons. The first-order valence-electron chi connectivity index (χ1n) is 32.4. The molecule has 6 nitrogen and oxygen atoms in total. The van der Waals surface area contributed by atoms with Gasteiger partial charge >= 0.3 is 17.9 Å². The van der Waals surface area contributed by atoms with Gasteiger partial charge in [0.2, 0.25) is 0 Å². The van der Waals surface area contributed by atoms with Crippen LogP contribution in [0.5, 0.6) is 0 Å². The Balaban J connectivity index is 4.35. The van der Waals surface area contributed by atoms with Gasteiger partial charge in [-0.2, -0.15) is 0 Å². The second-order valence-electron chi connectivity index (χ2n) is 21.3. The lowest BCUT2D eigenvalue weighted by atomic mass is 10.0. The SMILES string of the molecule is CC/C=C\C/C=C\C/C=C\C/C=C\C/C=C\CCCC(=O)OC(COC(=O)CCCC/C=C\C/C=C\C/C=C\C/C=C\CC)COC(=O)CCCCCCCCCCCCCCCCCCCCCCCCCCCCC. The molecule has 0 rings (SSSR count). The summed E-state index contributed by atoms with van der Waals surface area (Å²) in [6.07, 6.45) is 88.4. The first-order chi connectivity index (χ1) is 38.0. The van der Waals surface area contributed by atoms with Gasteiger partial charge in [0.1, 0.15) is 13.2 Å². The molecule has 1 unspecified atom stereocenters. The summed E-state index contributed by atoms with van der Waals surface area (Å²) in [5.74, 6) is -1.01. The lowest BCUT2D eigenvalue weighted by Crippen LogP contribution is -2.30. The highest BCUT2D eigenvalue weighted by molar-refractivity contribution is 5.71. The fourth-order valence-corrected chi connectivity index (χ4v) is 9.00. The maximum absolute atomic E-state index is 12.9. The fourth-order valence-electron chi connectivity index (χ4n) is 9.00. The number of ether oxygens (including phenoxy) is 3. The van der Waals surface area contributed by atoms with Crippen molar-refractivity contribution in [3.63, 3.8) is 0 Å². The highest BCUT2D eigenvalue weighted by Gasteiger charge is 2.19. The fraction of sp³-hybridized carbons (Fsp3) is 0.704. The third kappa shape index (κ3) is 62.8. The highest BCUT2D eigenvalue weighted by Crippen LogP contribution is 2.17. The van der Waals surface area contributed by atoms with E-state index >= 15 is 0 Å². The van der Waals surface area contributed by atoms with Gasteiger partial charge in [-0.25, -0.2) is 0 Å². The Morgan fingerprint density at radius 3 is 0.831 bits per heavy atom. The van der Waals surface area contributed by atoms with Crippen molar-refractivity contribution in [2.75, 3.05) is 13.2 Å². The van der Waals surface area contributed by atoms with Crippen LogP contribution in [0.3, 0.4) is 0 Å². The number of carbonyl (C=O) groups excluding carboxylic acids is 3. The van der Waals surface area contributed by atoms with Gasteiger partial charge in [0, 0.05) is 19.3 Å². The van der Waals surface area contributed by atoms with E-state index in [0.29, 0.717) is 25.7 Å². The molecular weight excluding hydrogens is 949 g/mol. The smallest absolute Gasteiger partial charge is 0.306 e. The molecule has 0 saturated heterocycles. The summed E-state index contributed by atoms with van der Waals surface area (Å²) in [6, 6.07) is 0. The first-order valence-corrected chi connectivity index (χ1v) is 32.4. The van der Waals surface area contributed by atoms with Gasteiger partial charge < -0.3 is 14.2 Å². The molecule has 440 valence electrons. The van der Waals surface area contributed by atoms with Crippen molar-refractivity contribution >= 4 is 17.9 Å². The van der Waals surface area contributed by atoms with Crippen LogP contribution in [0.1, 0.15) is 303 Å². The molecule has 0 N–H and O–H groups in total. The maximum atomic E-state index is 12.9. The van der Waals surface area contributed by atoms with E-state index in [1.165, 1.54) is 154 Å². The molecule has 77 heavy (non-hydrogen) atoms. The molecule has 0 heterocycles. The monoisotopic (exact) mass is 1070 g/mol. The summed E-state index contributed by atoms with van der Waals surface area (Å²) in [7, 11) is 0. The lowest BCUT2D eigenvalue weighted by molar-refractivity contribution is -0.167. The number of hydrogen-bond donors (Lipinski definition) is 0. The van der Waals surface area contributed by atoms with Gasteiger partial charge in [-0.15, -0.1) is 0 Å². The lowest BCUT2D eigenvalue weighted by Gasteiger charge is -2.18. The van der Waals surface area contributed by atoms with Crippen molar-refractivity contribution in [3.8, 4) is 0 Å². The van der Waals surface area contributed by atoms with Gasteiger partial charge in [0.15, 0.2) is 6.10 Å². The number of rotatable bonds is 58. The largest absolute Gasteiger partial charge is 0.462 e. The summed E-state index contributed by atoms with van der Waals surface area (Å²) < 4.78 is 16.8. The van der Waals surface area contributed by atoms with Crippen LogP contribution < -0.4 is 0 Å². The summed E-state index contributed by atoms with van der Waals surface area (Å²) in [5.41, 5.74) is 0. The molecule has 0 bridgehead atoms. The molecular formula is C71H120O6. The third-order valence-electron chi connectivity index (χ3n) is 13.8. The van der Waals surface area contributed by atoms with Crippen LogP contribution in [0.25, 0.3) is 0 Å². The van der Waals surface area contributed by atoms with E-state index in [1.807, 2.05) is 0 Å². The van der Waals surface area contributed by atoms with Crippen LogP contribution in [0.2, 0.25) is 0 Å². The Morgan fingerprint density at radius 1 is 0.273 bits per heavy atom. The van der Waals surface area contributed by atoms with E-state index in [1.54, 1.807) is 0 Å². The van der Waals surface area contributed by atoms with Crippen LogP contribution in [-0.2, 0) is 28.6 Å². The quantitative estimate of drug-likeness (QED) is 0.0261. The van der Waals surface area contributed by atoms with E-state index in [-0.39, 0.29) is 37.5 Å². The average Bonchev–Trinajstić information content (AvgIpc) is 3.43. The van der Waals surface area contributed by atoms with Crippen molar-refractivity contribution in [2.24, 2.45) is 0 Å². The molecule has 0 saturated carbocycles. The minimum absolute atomic E-state index is 0.113. The molecule has 0 amide bonds. The van der Waals surface area contributed by atoms with Gasteiger partial charge in [-0.1, -0.05) is 297 Å². The van der Waals surface area contributed by atoms with Gasteiger partial charge in [-0.05, 0) is 96.3 Å². The predicted octanol–water partition coefficient (Wildman–Crippen LogP) is 22.2. The Hall–Kier alpha value is -3.93. The van der Waals surface area contributed by atoms with Gasteiger partial charge in [0.05, 0.1) is 0 Å². The second-order valence-corrected chi connectivity index (χ2v) is 21.3. The number of carbonyl (C=O) groups is 3. The third-order valence-corrected chi connectivity index (χ3v) is 13.8. The molecule has 0 aliphatic carbocycles. The minimum atomic E-state index is -0.827. The molecule has 0 aromatic carbocycles. The molecule has 0 aliphatic heterocycles. The Bertz CT molecular complexity index is 1560. The Morgan fingerprint density at radius 2 is 0.519 bits per heavy atom. The van der Waals surface area contributed by atoms with E-state index in [4.69, 9.17) is 14.2 Å². The first kappa shape index (κ1) is 73.1. The van der Waals surface area contributed by atoms with E-state index in [0.717, 1.165) is 96.3 Å².